The van der Waals surface area contributed by atoms with Gasteiger partial charge in [-0.25, -0.2) is 4.79 Å². The summed E-state index contributed by atoms with van der Waals surface area (Å²) in [5.41, 5.74) is 7.95. The van der Waals surface area contributed by atoms with Crippen molar-refractivity contribution in [1.82, 2.24) is 4.90 Å². The molecule has 21 heavy (non-hydrogen) atoms. The summed E-state index contributed by atoms with van der Waals surface area (Å²) in [4.78, 5) is 14.4. The van der Waals surface area contributed by atoms with E-state index < -0.39 is 0 Å². The van der Waals surface area contributed by atoms with Crippen molar-refractivity contribution in [2.24, 2.45) is 5.92 Å². The van der Waals surface area contributed by atoms with Crippen LogP contribution in [-0.4, -0.2) is 31.1 Å². The summed E-state index contributed by atoms with van der Waals surface area (Å²) in [7, 11) is 1.40. The highest BCUT2D eigenvalue weighted by atomic mass is 16.5. The Balaban J connectivity index is 2.12. The molecule has 1 aromatic carbocycles. The molecule has 4 nitrogen and oxygen atoms in total. The first-order valence-corrected chi connectivity index (χ1v) is 7.83. The highest BCUT2D eigenvalue weighted by Gasteiger charge is 2.20. The van der Waals surface area contributed by atoms with E-state index in [0.717, 1.165) is 31.1 Å². The second-order valence-corrected chi connectivity index (χ2v) is 5.85. The Morgan fingerprint density at radius 3 is 2.90 bits per heavy atom. The number of hydrogen-bond acceptors (Lipinski definition) is 4. The third kappa shape index (κ3) is 3.97. The Hall–Kier alpha value is -1.55. The van der Waals surface area contributed by atoms with Gasteiger partial charge in [0.2, 0.25) is 0 Å². The highest BCUT2D eigenvalue weighted by Crippen LogP contribution is 2.24. The van der Waals surface area contributed by atoms with Gasteiger partial charge >= 0.3 is 5.97 Å². The Kier molecular flexibility index (Phi) is 5.62. The van der Waals surface area contributed by atoms with Crippen LogP contribution in [0.3, 0.4) is 0 Å². The van der Waals surface area contributed by atoms with Gasteiger partial charge in [0, 0.05) is 12.2 Å². The summed E-state index contributed by atoms with van der Waals surface area (Å²) in [6.07, 6.45) is 5.05. The molecule has 0 aliphatic carbocycles. The van der Waals surface area contributed by atoms with Gasteiger partial charge in [0.25, 0.3) is 0 Å². The Labute approximate surface area is 127 Å². The molecule has 0 saturated carbocycles. The molecule has 1 heterocycles. The SMILES string of the molecule is CCC1CCCN(Cc2cccc(N)c2C(=O)OC)CC1. The first-order valence-electron chi connectivity index (χ1n) is 7.83. The molecule has 0 aromatic heterocycles. The number of benzene rings is 1. The third-order valence-corrected chi connectivity index (χ3v) is 4.48. The van der Waals surface area contributed by atoms with Gasteiger partial charge in [-0.05, 0) is 49.9 Å². The molecule has 2 N–H and O–H groups in total. The van der Waals surface area contributed by atoms with Gasteiger partial charge in [-0.1, -0.05) is 25.5 Å². The third-order valence-electron chi connectivity index (χ3n) is 4.48. The van der Waals surface area contributed by atoms with Crippen molar-refractivity contribution in [3.05, 3.63) is 29.3 Å². The quantitative estimate of drug-likeness (QED) is 0.684. The number of carbonyl (C=O) groups excluding carboxylic acids is 1. The second-order valence-electron chi connectivity index (χ2n) is 5.85. The Bertz CT molecular complexity index is 488. The van der Waals surface area contributed by atoms with E-state index in [1.807, 2.05) is 12.1 Å². The van der Waals surface area contributed by atoms with Crippen LogP contribution in [0.1, 0.15) is 48.5 Å². The van der Waals surface area contributed by atoms with Gasteiger partial charge < -0.3 is 10.5 Å². The average molecular weight is 290 g/mol. The number of methoxy groups -OCH3 is 1. The van der Waals surface area contributed by atoms with Crippen LogP contribution in [0.15, 0.2) is 18.2 Å². The lowest BCUT2D eigenvalue weighted by atomic mass is 9.98. The molecule has 1 aliphatic rings. The average Bonchev–Trinajstić information content (AvgIpc) is 2.72. The summed E-state index contributed by atoms with van der Waals surface area (Å²) in [5.74, 6) is 0.500. The van der Waals surface area contributed by atoms with Gasteiger partial charge in [-0.2, -0.15) is 0 Å². The zero-order valence-corrected chi connectivity index (χ0v) is 13.1. The summed E-state index contributed by atoms with van der Waals surface area (Å²) < 4.78 is 4.87. The fraction of sp³-hybridized carbons (Fsp3) is 0.588. The maximum atomic E-state index is 11.9. The zero-order chi connectivity index (χ0) is 15.2. The highest BCUT2D eigenvalue weighted by molar-refractivity contribution is 5.96. The molecule has 1 aromatic rings. The normalized spacial score (nSPS) is 20.0. The van der Waals surface area contributed by atoms with E-state index in [4.69, 9.17) is 10.5 Å². The molecule has 1 atom stereocenters. The molecule has 0 amide bonds. The number of ether oxygens (including phenoxy) is 1. The minimum absolute atomic E-state index is 0.343. The summed E-state index contributed by atoms with van der Waals surface area (Å²) in [6.45, 7) is 5.22. The number of esters is 1. The molecular weight excluding hydrogens is 264 g/mol. The van der Waals surface area contributed by atoms with Crippen molar-refractivity contribution in [1.29, 1.82) is 0 Å². The molecule has 1 saturated heterocycles. The number of anilines is 1. The molecule has 1 unspecified atom stereocenters. The molecule has 1 aliphatic heterocycles. The predicted octanol–water partition coefficient (Wildman–Crippen LogP) is 3.07. The lowest BCUT2D eigenvalue weighted by Gasteiger charge is -2.22. The first-order chi connectivity index (χ1) is 10.2. The maximum Gasteiger partial charge on any atom is 0.340 e. The van der Waals surface area contributed by atoms with Crippen LogP contribution in [0.5, 0.6) is 0 Å². The van der Waals surface area contributed by atoms with E-state index in [-0.39, 0.29) is 5.97 Å². The van der Waals surface area contributed by atoms with E-state index in [0.29, 0.717) is 11.3 Å². The van der Waals surface area contributed by atoms with Crippen LogP contribution >= 0.6 is 0 Å². The number of nitrogens with zero attached hydrogens (tertiary/aromatic N) is 1. The minimum atomic E-state index is -0.343. The van der Waals surface area contributed by atoms with Gasteiger partial charge in [0.05, 0.1) is 12.7 Å². The van der Waals surface area contributed by atoms with Crippen LogP contribution in [0, 0.1) is 5.92 Å². The molecular formula is C17H26N2O2. The lowest BCUT2D eigenvalue weighted by Crippen LogP contribution is -2.25. The Morgan fingerprint density at radius 2 is 2.19 bits per heavy atom. The van der Waals surface area contributed by atoms with Crippen molar-refractivity contribution in [2.75, 3.05) is 25.9 Å². The number of carbonyl (C=O) groups is 1. The fourth-order valence-electron chi connectivity index (χ4n) is 3.13. The maximum absolute atomic E-state index is 11.9. The monoisotopic (exact) mass is 290 g/mol. The van der Waals surface area contributed by atoms with E-state index in [2.05, 4.69) is 11.8 Å². The van der Waals surface area contributed by atoms with Crippen LogP contribution in [0.2, 0.25) is 0 Å². The van der Waals surface area contributed by atoms with Crippen molar-refractivity contribution >= 4 is 11.7 Å². The lowest BCUT2D eigenvalue weighted by molar-refractivity contribution is 0.0599. The summed E-state index contributed by atoms with van der Waals surface area (Å²) in [5, 5.41) is 0. The smallest absolute Gasteiger partial charge is 0.340 e. The van der Waals surface area contributed by atoms with Gasteiger partial charge in [-0.3, -0.25) is 4.90 Å². The largest absolute Gasteiger partial charge is 0.465 e. The summed E-state index contributed by atoms with van der Waals surface area (Å²) in [6, 6.07) is 5.64. The van der Waals surface area contributed by atoms with E-state index in [1.165, 1.54) is 32.8 Å². The molecule has 4 heteroatoms. The number of rotatable bonds is 4. The Morgan fingerprint density at radius 1 is 1.38 bits per heavy atom. The van der Waals surface area contributed by atoms with Crippen molar-refractivity contribution in [3.8, 4) is 0 Å². The predicted molar refractivity (Wildman–Crippen MR) is 85.1 cm³/mol. The summed E-state index contributed by atoms with van der Waals surface area (Å²) >= 11 is 0. The van der Waals surface area contributed by atoms with Gasteiger partial charge in [-0.15, -0.1) is 0 Å². The molecule has 0 radical (unpaired) electrons. The molecule has 0 bridgehead atoms. The van der Waals surface area contributed by atoms with E-state index in [1.54, 1.807) is 6.07 Å². The van der Waals surface area contributed by atoms with Gasteiger partial charge in [0.1, 0.15) is 0 Å². The molecule has 2 rings (SSSR count). The fourth-order valence-corrected chi connectivity index (χ4v) is 3.13. The minimum Gasteiger partial charge on any atom is -0.465 e. The molecule has 116 valence electrons. The topological polar surface area (TPSA) is 55.6 Å². The van der Waals surface area contributed by atoms with Crippen molar-refractivity contribution < 1.29 is 9.53 Å². The van der Waals surface area contributed by atoms with Crippen LogP contribution in [0.25, 0.3) is 0 Å². The van der Waals surface area contributed by atoms with Crippen LogP contribution in [0.4, 0.5) is 5.69 Å². The second kappa shape index (κ2) is 7.46. The number of nitrogens with two attached hydrogens (primary N) is 1. The number of nitrogen functional groups attached to an aromatic ring is 1. The van der Waals surface area contributed by atoms with Crippen molar-refractivity contribution in [3.63, 3.8) is 0 Å². The zero-order valence-electron chi connectivity index (χ0n) is 13.1. The standard InChI is InChI=1S/C17H26N2O2/c1-3-13-6-5-10-19(11-9-13)12-14-7-4-8-15(18)16(14)17(20)21-2/h4,7-8,13H,3,5-6,9-12,18H2,1-2H3. The van der Waals surface area contributed by atoms with Crippen molar-refractivity contribution in [2.45, 2.75) is 39.2 Å². The van der Waals surface area contributed by atoms with E-state index >= 15 is 0 Å². The van der Waals surface area contributed by atoms with Crippen LogP contribution in [-0.2, 0) is 11.3 Å². The van der Waals surface area contributed by atoms with E-state index in [9.17, 15) is 4.79 Å². The molecule has 0 spiro atoms. The molecule has 1 fully saturated rings. The number of hydrogen-bond donors (Lipinski definition) is 1. The first kappa shape index (κ1) is 15.8. The number of likely N-dealkylation sites (tertiary alicyclic amines) is 1. The van der Waals surface area contributed by atoms with Crippen LogP contribution < -0.4 is 5.73 Å². The van der Waals surface area contributed by atoms with Gasteiger partial charge in [0.15, 0.2) is 0 Å².